The molecule has 158 valence electrons. The molecule has 0 aliphatic heterocycles. The number of thioether (sulfide) groups is 1. The van der Waals surface area contributed by atoms with Crippen LogP contribution in [0.15, 0.2) is 71.7 Å². The molecule has 6 heteroatoms. The summed E-state index contributed by atoms with van der Waals surface area (Å²) in [4.78, 5) is 18.5. The Balaban J connectivity index is 1.78. The zero-order valence-electron chi connectivity index (χ0n) is 17.8. The van der Waals surface area contributed by atoms with Gasteiger partial charge in [0.15, 0.2) is 4.80 Å². The van der Waals surface area contributed by atoms with Gasteiger partial charge in [-0.05, 0) is 67.6 Å². The van der Waals surface area contributed by atoms with Crippen LogP contribution in [0.5, 0.6) is 11.5 Å². The molecule has 4 rings (SSSR count). The lowest BCUT2D eigenvalue weighted by Gasteiger charge is -2.09. The third-order valence-electron chi connectivity index (χ3n) is 5.10. The van der Waals surface area contributed by atoms with Crippen LogP contribution in [0.3, 0.4) is 0 Å². The monoisotopic (exact) mass is 448 g/mol. The van der Waals surface area contributed by atoms with Crippen molar-refractivity contribution in [1.29, 1.82) is 0 Å². The summed E-state index contributed by atoms with van der Waals surface area (Å²) in [6.07, 6.45) is 2.09. The van der Waals surface area contributed by atoms with Crippen LogP contribution in [0.25, 0.3) is 10.2 Å². The van der Waals surface area contributed by atoms with Crippen LogP contribution in [0.1, 0.15) is 21.5 Å². The molecule has 0 saturated heterocycles. The third kappa shape index (κ3) is 4.75. The van der Waals surface area contributed by atoms with Crippen molar-refractivity contribution >= 4 is 39.2 Å². The fourth-order valence-corrected chi connectivity index (χ4v) is 4.80. The van der Waals surface area contributed by atoms with E-state index in [2.05, 4.69) is 41.8 Å². The highest BCUT2D eigenvalue weighted by Crippen LogP contribution is 2.26. The molecule has 4 nitrogen and oxygen atoms in total. The quantitative estimate of drug-likeness (QED) is 0.352. The molecule has 0 saturated carbocycles. The van der Waals surface area contributed by atoms with Gasteiger partial charge in [-0.1, -0.05) is 41.7 Å². The van der Waals surface area contributed by atoms with E-state index in [1.54, 1.807) is 35.2 Å². The molecule has 0 unspecified atom stereocenters. The number of carbonyl (C=O) groups is 1. The molecule has 0 aliphatic carbocycles. The van der Waals surface area contributed by atoms with Crippen molar-refractivity contribution in [2.45, 2.75) is 20.4 Å². The predicted octanol–water partition coefficient (Wildman–Crippen LogP) is 6.22. The molecule has 3 aromatic carbocycles. The molecule has 0 radical (unpaired) electrons. The Hall–Kier alpha value is -2.83. The Morgan fingerprint density at radius 3 is 2.52 bits per heavy atom. The van der Waals surface area contributed by atoms with Gasteiger partial charge in [0.1, 0.15) is 11.5 Å². The van der Waals surface area contributed by atoms with Crippen molar-refractivity contribution in [3.63, 3.8) is 0 Å². The van der Waals surface area contributed by atoms with Crippen LogP contribution < -0.4 is 9.54 Å². The second-order valence-electron chi connectivity index (χ2n) is 7.26. The minimum Gasteiger partial charge on any atom is -0.457 e. The second-order valence-corrected chi connectivity index (χ2v) is 9.26. The van der Waals surface area contributed by atoms with Crippen LogP contribution in [-0.2, 0) is 6.54 Å². The number of aryl methyl sites for hydroxylation is 3. The van der Waals surface area contributed by atoms with Crippen LogP contribution in [0.4, 0.5) is 0 Å². The molecule has 0 bridgehead atoms. The number of hydrogen-bond acceptors (Lipinski definition) is 4. The number of nitrogens with zero attached hydrogens (tertiary/aromatic N) is 2. The number of hydrogen-bond donors (Lipinski definition) is 0. The lowest BCUT2D eigenvalue weighted by molar-refractivity contribution is 0.0995. The van der Waals surface area contributed by atoms with E-state index in [0.29, 0.717) is 21.9 Å². The number of benzene rings is 3. The number of aromatic nitrogens is 1. The Bertz CT molecular complexity index is 1290. The molecule has 0 fully saturated rings. The summed E-state index contributed by atoms with van der Waals surface area (Å²) in [5.74, 6) is 1.84. The van der Waals surface area contributed by atoms with Gasteiger partial charge in [-0.25, -0.2) is 0 Å². The van der Waals surface area contributed by atoms with Gasteiger partial charge in [-0.2, -0.15) is 16.8 Å². The van der Waals surface area contributed by atoms with Crippen molar-refractivity contribution < 1.29 is 9.53 Å². The van der Waals surface area contributed by atoms with Gasteiger partial charge in [0.05, 0.1) is 15.8 Å². The molecule has 0 aliphatic rings. The average Bonchev–Trinajstić information content (AvgIpc) is 3.09. The summed E-state index contributed by atoms with van der Waals surface area (Å²) in [7, 11) is 0. The molecule has 31 heavy (non-hydrogen) atoms. The molecule has 4 aromatic rings. The maximum Gasteiger partial charge on any atom is 0.283 e. The highest BCUT2D eigenvalue weighted by Gasteiger charge is 2.14. The topological polar surface area (TPSA) is 43.6 Å². The van der Waals surface area contributed by atoms with Gasteiger partial charge in [0, 0.05) is 12.3 Å². The lowest BCUT2D eigenvalue weighted by Crippen LogP contribution is -2.18. The Labute approximate surface area is 190 Å². The van der Waals surface area contributed by atoms with Gasteiger partial charge in [0.25, 0.3) is 5.91 Å². The summed E-state index contributed by atoms with van der Waals surface area (Å²) < 4.78 is 9.26. The van der Waals surface area contributed by atoms with Crippen LogP contribution >= 0.6 is 23.1 Å². The number of para-hydroxylation sites is 2. The van der Waals surface area contributed by atoms with E-state index in [0.717, 1.165) is 22.5 Å². The van der Waals surface area contributed by atoms with Gasteiger partial charge in [0.2, 0.25) is 0 Å². The van der Waals surface area contributed by atoms with E-state index in [1.165, 1.54) is 11.1 Å². The number of rotatable bonds is 6. The minimum absolute atomic E-state index is 0.301. The first-order valence-corrected chi connectivity index (χ1v) is 12.3. The van der Waals surface area contributed by atoms with Crippen molar-refractivity contribution in [3.05, 3.63) is 88.2 Å². The first-order chi connectivity index (χ1) is 15.1. The summed E-state index contributed by atoms with van der Waals surface area (Å²) in [5, 5.41) is 0. The average molecular weight is 449 g/mol. The van der Waals surface area contributed by atoms with Crippen molar-refractivity contribution in [2.24, 2.45) is 4.99 Å². The predicted molar refractivity (Wildman–Crippen MR) is 131 cm³/mol. The first-order valence-electron chi connectivity index (χ1n) is 10.1. The largest absolute Gasteiger partial charge is 0.457 e. The normalized spacial score (nSPS) is 11.8. The van der Waals surface area contributed by atoms with E-state index in [4.69, 9.17) is 4.74 Å². The van der Waals surface area contributed by atoms with E-state index >= 15 is 0 Å². The van der Waals surface area contributed by atoms with Gasteiger partial charge in [-0.3, -0.25) is 4.79 Å². The van der Waals surface area contributed by atoms with Crippen molar-refractivity contribution in [3.8, 4) is 11.5 Å². The molecule has 1 heterocycles. The fourth-order valence-electron chi connectivity index (χ4n) is 3.30. The fraction of sp³-hybridized carbons (Fsp3) is 0.200. The Morgan fingerprint density at radius 2 is 1.74 bits per heavy atom. The second kappa shape index (κ2) is 9.54. The number of carbonyl (C=O) groups excluding carboxylic acids is 1. The molecule has 1 aromatic heterocycles. The molecular weight excluding hydrogens is 424 g/mol. The molecule has 0 atom stereocenters. The van der Waals surface area contributed by atoms with E-state index in [1.807, 2.05) is 42.5 Å². The maximum absolute atomic E-state index is 13.2. The number of ether oxygens (including phenoxy) is 1. The summed E-state index contributed by atoms with van der Waals surface area (Å²) in [6, 6.07) is 21.1. The summed E-state index contributed by atoms with van der Waals surface area (Å²) in [5.41, 5.74) is 4.06. The zero-order chi connectivity index (χ0) is 21.8. The number of amides is 1. The Morgan fingerprint density at radius 1 is 1.03 bits per heavy atom. The maximum atomic E-state index is 13.2. The van der Waals surface area contributed by atoms with E-state index < -0.39 is 0 Å². The number of thiazole rings is 1. The van der Waals surface area contributed by atoms with Gasteiger partial charge < -0.3 is 9.30 Å². The first kappa shape index (κ1) is 21.4. The highest BCUT2D eigenvalue weighted by atomic mass is 32.2. The van der Waals surface area contributed by atoms with E-state index in [9.17, 15) is 4.79 Å². The van der Waals surface area contributed by atoms with Gasteiger partial charge >= 0.3 is 0 Å². The Kier molecular flexibility index (Phi) is 6.59. The SMILES string of the molecule is CSCCn1c(=NC(=O)c2ccccc2Oc2ccccc2)sc2cc(C)c(C)cc21. The van der Waals surface area contributed by atoms with Crippen LogP contribution in [0, 0.1) is 13.8 Å². The minimum atomic E-state index is -0.301. The molecule has 0 N–H and O–H groups in total. The summed E-state index contributed by atoms with van der Waals surface area (Å²) in [6.45, 7) is 5.03. The number of fused-ring (bicyclic) bond motifs is 1. The molecule has 0 spiro atoms. The standard InChI is InChI=1S/C25H24N2O2S2/c1-17-15-21-23(16-18(17)2)31-25(27(21)13-14-30-3)26-24(28)20-11-7-8-12-22(20)29-19-9-5-4-6-10-19/h4-12,15-16H,13-14H2,1-3H3. The smallest absolute Gasteiger partial charge is 0.283 e. The summed E-state index contributed by atoms with van der Waals surface area (Å²) >= 11 is 3.34. The van der Waals surface area contributed by atoms with Crippen LogP contribution in [0.2, 0.25) is 0 Å². The highest BCUT2D eigenvalue weighted by molar-refractivity contribution is 7.98. The van der Waals surface area contributed by atoms with Gasteiger partial charge in [-0.15, -0.1) is 0 Å². The van der Waals surface area contributed by atoms with Crippen molar-refractivity contribution in [2.75, 3.05) is 12.0 Å². The van der Waals surface area contributed by atoms with Crippen molar-refractivity contribution in [1.82, 2.24) is 4.57 Å². The van der Waals surface area contributed by atoms with E-state index in [-0.39, 0.29) is 5.91 Å². The zero-order valence-corrected chi connectivity index (χ0v) is 19.4. The third-order valence-corrected chi connectivity index (χ3v) is 6.73. The lowest BCUT2D eigenvalue weighted by atomic mass is 10.1. The van der Waals surface area contributed by atoms with Crippen LogP contribution in [-0.4, -0.2) is 22.5 Å². The molecule has 1 amide bonds. The molecular formula is C25H24N2O2S2.